The minimum atomic E-state index is -3.61. The molecule has 5 rings (SSSR count). The standard InChI is InChI=1S/C20H26N4O5S2/c25-20(23-8-10-28-11-9-23)15-4-6-24(7-5-15)31(26,27)17-12-16(13-30-17)18-21-19(29-22-18)14-2-1-3-14/h12-15H,1-11H2. The van der Waals surface area contributed by atoms with Gasteiger partial charge < -0.3 is 14.2 Å². The number of nitrogens with zero attached hydrogens (tertiary/aromatic N) is 4. The summed E-state index contributed by atoms with van der Waals surface area (Å²) in [5.74, 6) is 1.42. The molecule has 2 aromatic heterocycles. The lowest BCUT2D eigenvalue weighted by Gasteiger charge is -2.34. The quantitative estimate of drug-likeness (QED) is 0.666. The summed E-state index contributed by atoms with van der Waals surface area (Å²) in [5.41, 5.74) is 0.662. The van der Waals surface area contributed by atoms with Gasteiger partial charge in [0, 0.05) is 49.0 Å². The van der Waals surface area contributed by atoms with Gasteiger partial charge >= 0.3 is 0 Å². The van der Waals surface area contributed by atoms with Crippen molar-refractivity contribution < 1.29 is 22.5 Å². The van der Waals surface area contributed by atoms with E-state index >= 15 is 0 Å². The third kappa shape index (κ3) is 4.15. The van der Waals surface area contributed by atoms with Crippen molar-refractivity contribution in [3.8, 4) is 11.4 Å². The maximum atomic E-state index is 13.1. The normalized spacial score (nSPS) is 21.9. The second kappa shape index (κ2) is 8.61. The smallest absolute Gasteiger partial charge is 0.252 e. The first-order chi connectivity index (χ1) is 15.0. The van der Waals surface area contributed by atoms with E-state index in [1.54, 1.807) is 11.4 Å². The van der Waals surface area contributed by atoms with E-state index in [-0.39, 0.29) is 16.0 Å². The molecule has 0 unspecified atom stereocenters. The molecule has 3 fully saturated rings. The molecule has 9 nitrogen and oxygen atoms in total. The van der Waals surface area contributed by atoms with E-state index in [0.29, 0.717) is 75.4 Å². The summed E-state index contributed by atoms with van der Waals surface area (Å²) >= 11 is 1.17. The van der Waals surface area contributed by atoms with Crippen LogP contribution < -0.4 is 0 Å². The zero-order chi connectivity index (χ0) is 21.4. The van der Waals surface area contributed by atoms with Gasteiger partial charge in [0.1, 0.15) is 4.21 Å². The summed E-state index contributed by atoms with van der Waals surface area (Å²) in [6, 6.07) is 1.63. The highest BCUT2D eigenvalue weighted by molar-refractivity contribution is 7.91. The number of hydrogen-bond donors (Lipinski definition) is 0. The molecule has 2 aromatic rings. The van der Waals surface area contributed by atoms with Crippen LogP contribution >= 0.6 is 11.3 Å². The first-order valence-electron chi connectivity index (χ1n) is 10.8. The van der Waals surface area contributed by atoms with Gasteiger partial charge in [0.2, 0.25) is 17.6 Å². The average Bonchev–Trinajstić information content (AvgIpc) is 3.43. The van der Waals surface area contributed by atoms with Crippen molar-refractivity contribution >= 4 is 27.3 Å². The summed E-state index contributed by atoms with van der Waals surface area (Å²) < 4.78 is 38.7. The molecular weight excluding hydrogens is 440 g/mol. The van der Waals surface area contributed by atoms with E-state index in [0.717, 1.165) is 12.8 Å². The third-order valence-corrected chi connectivity index (χ3v) is 9.76. The van der Waals surface area contributed by atoms with Crippen LogP contribution in [-0.4, -0.2) is 73.1 Å². The Morgan fingerprint density at radius 1 is 1.10 bits per heavy atom. The number of rotatable bonds is 5. The molecule has 31 heavy (non-hydrogen) atoms. The van der Waals surface area contributed by atoms with Gasteiger partial charge in [0.25, 0.3) is 10.0 Å². The Kier molecular flexibility index (Phi) is 5.84. The van der Waals surface area contributed by atoms with Gasteiger partial charge in [-0.25, -0.2) is 8.42 Å². The molecule has 0 N–H and O–H groups in total. The molecule has 11 heteroatoms. The number of piperidine rings is 1. The van der Waals surface area contributed by atoms with Gasteiger partial charge in [0.15, 0.2) is 0 Å². The summed E-state index contributed by atoms with van der Waals surface area (Å²) in [7, 11) is -3.61. The topological polar surface area (TPSA) is 106 Å². The van der Waals surface area contributed by atoms with Crippen molar-refractivity contribution in [2.75, 3.05) is 39.4 Å². The number of carbonyl (C=O) groups is 1. The number of carbonyl (C=O) groups excluding carboxylic acids is 1. The Balaban J connectivity index is 1.23. The lowest BCUT2D eigenvalue weighted by atomic mass is 9.85. The van der Waals surface area contributed by atoms with Crippen LogP contribution in [0.2, 0.25) is 0 Å². The number of ether oxygens (including phenoxy) is 1. The molecule has 2 saturated heterocycles. The van der Waals surface area contributed by atoms with Gasteiger partial charge in [-0.2, -0.15) is 9.29 Å². The molecule has 1 amide bonds. The first-order valence-corrected chi connectivity index (χ1v) is 13.1. The van der Waals surface area contributed by atoms with Gasteiger partial charge in [-0.15, -0.1) is 11.3 Å². The molecule has 0 radical (unpaired) electrons. The Morgan fingerprint density at radius 3 is 2.52 bits per heavy atom. The summed E-state index contributed by atoms with van der Waals surface area (Å²) in [5, 5.41) is 5.79. The van der Waals surface area contributed by atoms with E-state index in [4.69, 9.17) is 9.26 Å². The van der Waals surface area contributed by atoms with Crippen molar-refractivity contribution in [2.45, 2.75) is 42.2 Å². The molecule has 0 spiro atoms. The van der Waals surface area contributed by atoms with Gasteiger partial charge in [-0.05, 0) is 31.7 Å². The van der Waals surface area contributed by atoms with Crippen molar-refractivity contribution in [3.63, 3.8) is 0 Å². The zero-order valence-electron chi connectivity index (χ0n) is 17.2. The van der Waals surface area contributed by atoms with Crippen molar-refractivity contribution in [3.05, 3.63) is 17.3 Å². The zero-order valence-corrected chi connectivity index (χ0v) is 18.9. The molecule has 1 aliphatic carbocycles. The Labute approximate surface area is 185 Å². The van der Waals surface area contributed by atoms with Crippen LogP contribution in [0, 0.1) is 5.92 Å². The predicted octanol–water partition coefficient (Wildman–Crippen LogP) is 2.33. The SMILES string of the molecule is O=C(C1CCN(S(=O)(=O)c2cc(-c3noc(C4CCC4)n3)cs2)CC1)N1CCOCC1. The van der Waals surface area contributed by atoms with E-state index < -0.39 is 10.0 Å². The fourth-order valence-corrected chi connectivity index (χ4v) is 7.04. The minimum Gasteiger partial charge on any atom is -0.378 e. The van der Waals surface area contributed by atoms with Crippen LogP contribution in [0.15, 0.2) is 20.2 Å². The molecule has 1 saturated carbocycles. The van der Waals surface area contributed by atoms with Crippen LogP contribution in [0.3, 0.4) is 0 Å². The fourth-order valence-electron chi connectivity index (χ4n) is 4.25. The molecule has 2 aliphatic heterocycles. The molecule has 4 heterocycles. The van der Waals surface area contributed by atoms with Gasteiger partial charge in [-0.3, -0.25) is 4.79 Å². The maximum Gasteiger partial charge on any atom is 0.252 e. The van der Waals surface area contributed by atoms with Gasteiger partial charge in [-0.1, -0.05) is 11.6 Å². The fraction of sp³-hybridized carbons (Fsp3) is 0.650. The van der Waals surface area contributed by atoms with Crippen LogP contribution in [-0.2, 0) is 19.6 Å². The number of morpholine rings is 1. The lowest BCUT2D eigenvalue weighted by Crippen LogP contribution is -2.47. The van der Waals surface area contributed by atoms with E-state index in [9.17, 15) is 13.2 Å². The number of thiophene rings is 1. The minimum absolute atomic E-state index is 0.118. The first kappa shape index (κ1) is 21.0. The predicted molar refractivity (Wildman–Crippen MR) is 113 cm³/mol. The largest absolute Gasteiger partial charge is 0.378 e. The monoisotopic (exact) mass is 466 g/mol. The molecule has 168 valence electrons. The maximum absolute atomic E-state index is 13.1. The van der Waals surface area contributed by atoms with Crippen LogP contribution in [0.4, 0.5) is 0 Å². The molecular formula is C20H26N4O5S2. The lowest BCUT2D eigenvalue weighted by molar-refractivity contribution is -0.140. The number of aromatic nitrogens is 2. The van der Waals surface area contributed by atoms with Crippen LogP contribution in [0.1, 0.15) is 43.9 Å². The molecule has 3 aliphatic rings. The van der Waals surface area contributed by atoms with Crippen molar-refractivity contribution in [1.82, 2.24) is 19.3 Å². The Bertz CT molecular complexity index is 1030. The highest BCUT2D eigenvalue weighted by Gasteiger charge is 2.35. The highest BCUT2D eigenvalue weighted by atomic mass is 32.2. The van der Waals surface area contributed by atoms with Crippen molar-refractivity contribution in [2.24, 2.45) is 5.92 Å². The van der Waals surface area contributed by atoms with Crippen LogP contribution in [0.5, 0.6) is 0 Å². The second-order valence-corrected chi connectivity index (χ2v) is 11.4. The number of hydrogen-bond acceptors (Lipinski definition) is 8. The van der Waals surface area contributed by atoms with Crippen molar-refractivity contribution in [1.29, 1.82) is 0 Å². The van der Waals surface area contributed by atoms with E-state index in [1.165, 1.54) is 22.1 Å². The summed E-state index contributed by atoms with van der Waals surface area (Å²) in [4.78, 5) is 19.0. The molecule has 0 bridgehead atoms. The van der Waals surface area contributed by atoms with E-state index in [2.05, 4.69) is 10.1 Å². The summed E-state index contributed by atoms with van der Waals surface area (Å²) in [6.45, 7) is 3.08. The van der Waals surface area contributed by atoms with E-state index in [1.807, 2.05) is 4.90 Å². The second-order valence-electron chi connectivity index (χ2n) is 8.35. The Morgan fingerprint density at radius 2 is 1.84 bits per heavy atom. The third-order valence-electron chi connectivity index (χ3n) is 6.45. The summed E-state index contributed by atoms with van der Waals surface area (Å²) in [6.07, 6.45) is 4.40. The van der Waals surface area contributed by atoms with Gasteiger partial charge in [0.05, 0.1) is 13.2 Å². The number of amides is 1. The highest BCUT2D eigenvalue weighted by Crippen LogP contribution is 2.37. The molecule has 0 atom stereocenters. The Hall–Kier alpha value is -1.82. The average molecular weight is 467 g/mol. The number of sulfonamides is 1. The molecule has 0 aromatic carbocycles. The van der Waals surface area contributed by atoms with Crippen LogP contribution in [0.25, 0.3) is 11.4 Å².